The van der Waals surface area contributed by atoms with Gasteiger partial charge in [-0.25, -0.2) is 9.59 Å². The molecule has 7 heteroatoms. The molecule has 33 heavy (non-hydrogen) atoms. The molecule has 3 rings (SSSR count). The molecule has 0 saturated heterocycles. The summed E-state index contributed by atoms with van der Waals surface area (Å²) in [4.78, 5) is 35.1. The van der Waals surface area contributed by atoms with Crippen molar-refractivity contribution in [1.82, 2.24) is 10.6 Å². The summed E-state index contributed by atoms with van der Waals surface area (Å²) in [7, 11) is 0. The summed E-state index contributed by atoms with van der Waals surface area (Å²) < 4.78 is 5.50. The number of carbonyl (C=O) groups excluding carboxylic acids is 2. The van der Waals surface area contributed by atoms with Gasteiger partial charge in [-0.3, -0.25) is 4.79 Å². The topological polar surface area (TPSA) is 105 Å². The Bertz CT molecular complexity index is 958. The fraction of sp³-hybridized carbons (Fsp3) is 0.346. The van der Waals surface area contributed by atoms with E-state index in [1.54, 1.807) is 0 Å². The Morgan fingerprint density at radius 1 is 1.00 bits per heavy atom. The first-order valence-corrected chi connectivity index (χ1v) is 11.2. The zero-order valence-electron chi connectivity index (χ0n) is 18.6. The zero-order valence-corrected chi connectivity index (χ0v) is 18.6. The fourth-order valence-electron chi connectivity index (χ4n) is 4.08. The number of carboxylic acid groups (broad SMARTS) is 1. The zero-order chi connectivity index (χ0) is 23.6. The average molecular weight is 451 g/mol. The van der Waals surface area contributed by atoms with Gasteiger partial charge in [-0.05, 0) is 41.5 Å². The van der Waals surface area contributed by atoms with Crippen LogP contribution in [0, 0.1) is 0 Å². The second-order valence-corrected chi connectivity index (χ2v) is 8.05. The standard InChI is InChI=1S/C26H30N2O5/c1-2-10-23(25(30)31)28-24(29)15-4-3-9-16-27-26(32)33-17-22-20-13-7-5-11-18(20)19-12-6-8-14-21(19)22/h2,5-8,11-14,22-23H,1,3-4,9-10,15-17H2,(H,27,32)(H,28,29)(H,30,31). The van der Waals surface area contributed by atoms with E-state index in [2.05, 4.69) is 41.5 Å². The summed E-state index contributed by atoms with van der Waals surface area (Å²) in [6.45, 7) is 4.22. The van der Waals surface area contributed by atoms with Gasteiger partial charge in [0.25, 0.3) is 0 Å². The maximum atomic E-state index is 12.2. The van der Waals surface area contributed by atoms with Crippen molar-refractivity contribution in [3.63, 3.8) is 0 Å². The van der Waals surface area contributed by atoms with Crippen molar-refractivity contribution in [3.8, 4) is 11.1 Å². The smallest absolute Gasteiger partial charge is 0.407 e. The largest absolute Gasteiger partial charge is 0.480 e. The van der Waals surface area contributed by atoms with Crippen LogP contribution in [-0.2, 0) is 14.3 Å². The van der Waals surface area contributed by atoms with E-state index in [0.717, 1.165) is 6.42 Å². The molecule has 1 aliphatic carbocycles. The van der Waals surface area contributed by atoms with Crippen molar-refractivity contribution in [3.05, 3.63) is 72.3 Å². The predicted octanol–water partition coefficient (Wildman–Crippen LogP) is 4.23. The fourth-order valence-corrected chi connectivity index (χ4v) is 4.08. The van der Waals surface area contributed by atoms with Crippen molar-refractivity contribution in [2.75, 3.05) is 13.2 Å². The Morgan fingerprint density at radius 3 is 2.24 bits per heavy atom. The molecular weight excluding hydrogens is 420 g/mol. The molecule has 174 valence electrons. The first-order valence-electron chi connectivity index (χ1n) is 11.2. The van der Waals surface area contributed by atoms with Gasteiger partial charge in [0.15, 0.2) is 0 Å². The number of benzene rings is 2. The molecular formula is C26H30N2O5. The molecule has 0 fully saturated rings. The average Bonchev–Trinajstić information content (AvgIpc) is 3.13. The second-order valence-electron chi connectivity index (χ2n) is 8.05. The molecule has 7 nitrogen and oxygen atoms in total. The number of amides is 2. The highest BCUT2D eigenvalue weighted by molar-refractivity contribution is 5.83. The highest BCUT2D eigenvalue weighted by atomic mass is 16.5. The van der Waals surface area contributed by atoms with Gasteiger partial charge >= 0.3 is 12.1 Å². The molecule has 0 aromatic heterocycles. The van der Waals surface area contributed by atoms with Crippen LogP contribution >= 0.6 is 0 Å². The number of ether oxygens (including phenoxy) is 1. The van der Waals surface area contributed by atoms with Crippen molar-refractivity contribution < 1.29 is 24.2 Å². The SMILES string of the molecule is C=CCC(NC(=O)CCCCCNC(=O)OCC1c2ccccc2-c2ccccc21)C(=O)O. The third-order valence-corrected chi connectivity index (χ3v) is 5.73. The Morgan fingerprint density at radius 2 is 1.64 bits per heavy atom. The monoisotopic (exact) mass is 450 g/mol. The van der Waals surface area contributed by atoms with E-state index in [1.165, 1.54) is 28.3 Å². The lowest BCUT2D eigenvalue weighted by Gasteiger charge is -2.14. The number of nitrogens with one attached hydrogen (secondary N) is 2. The van der Waals surface area contributed by atoms with Crippen LogP contribution in [0.25, 0.3) is 11.1 Å². The third kappa shape index (κ3) is 6.44. The number of fused-ring (bicyclic) bond motifs is 3. The molecule has 1 aliphatic rings. The van der Waals surface area contributed by atoms with E-state index in [4.69, 9.17) is 9.84 Å². The summed E-state index contributed by atoms with van der Waals surface area (Å²) in [6, 6.07) is 15.4. The summed E-state index contributed by atoms with van der Waals surface area (Å²) >= 11 is 0. The molecule has 0 radical (unpaired) electrons. The number of aliphatic carboxylic acids is 1. The van der Waals surface area contributed by atoms with E-state index in [1.807, 2.05) is 24.3 Å². The van der Waals surface area contributed by atoms with Gasteiger partial charge in [-0.15, -0.1) is 6.58 Å². The van der Waals surface area contributed by atoms with Crippen LogP contribution in [0.5, 0.6) is 0 Å². The van der Waals surface area contributed by atoms with Gasteiger partial charge < -0.3 is 20.5 Å². The van der Waals surface area contributed by atoms with Gasteiger partial charge in [-0.2, -0.15) is 0 Å². The number of unbranched alkanes of at least 4 members (excludes halogenated alkanes) is 2. The highest BCUT2D eigenvalue weighted by Crippen LogP contribution is 2.44. The molecule has 1 unspecified atom stereocenters. The minimum Gasteiger partial charge on any atom is -0.480 e. The minimum atomic E-state index is -1.07. The second kappa shape index (κ2) is 11.9. The van der Waals surface area contributed by atoms with Crippen LogP contribution in [0.15, 0.2) is 61.2 Å². The van der Waals surface area contributed by atoms with Crippen LogP contribution < -0.4 is 10.6 Å². The Hall–Kier alpha value is -3.61. The Balaban J connectivity index is 1.34. The van der Waals surface area contributed by atoms with Gasteiger partial charge in [0.05, 0.1) is 0 Å². The van der Waals surface area contributed by atoms with E-state index in [9.17, 15) is 14.4 Å². The Kier molecular flexibility index (Phi) is 8.63. The van der Waals surface area contributed by atoms with Crippen molar-refractivity contribution in [2.24, 2.45) is 0 Å². The number of alkyl carbamates (subject to hydrolysis) is 1. The molecule has 1 atom stereocenters. The van der Waals surface area contributed by atoms with Crippen LogP contribution in [0.4, 0.5) is 4.79 Å². The molecule has 0 aliphatic heterocycles. The van der Waals surface area contributed by atoms with Gasteiger partial charge in [0.1, 0.15) is 12.6 Å². The first kappa shape index (κ1) is 24.0. The molecule has 0 heterocycles. The van der Waals surface area contributed by atoms with Crippen LogP contribution in [0.3, 0.4) is 0 Å². The lowest BCUT2D eigenvalue weighted by atomic mass is 9.98. The van der Waals surface area contributed by atoms with Gasteiger partial charge in [-0.1, -0.05) is 61.0 Å². The third-order valence-electron chi connectivity index (χ3n) is 5.73. The van der Waals surface area contributed by atoms with E-state index < -0.39 is 18.1 Å². The molecule has 0 bridgehead atoms. The molecule has 2 aromatic carbocycles. The maximum absolute atomic E-state index is 12.2. The number of carbonyl (C=O) groups is 3. The van der Waals surface area contributed by atoms with E-state index in [-0.39, 0.29) is 31.3 Å². The van der Waals surface area contributed by atoms with Gasteiger partial charge in [0.2, 0.25) is 5.91 Å². The Labute approximate surface area is 193 Å². The van der Waals surface area contributed by atoms with Crippen molar-refractivity contribution >= 4 is 18.0 Å². The molecule has 2 amide bonds. The van der Waals surface area contributed by atoms with Gasteiger partial charge in [0, 0.05) is 18.9 Å². The maximum Gasteiger partial charge on any atom is 0.407 e. The molecule has 0 spiro atoms. The lowest BCUT2D eigenvalue weighted by Crippen LogP contribution is -2.40. The van der Waals surface area contributed by atoms with Crippen LogP contribution in [0.1, 0.15) is 49.1 Å². The highest BCUT2D eigenvalue weighted by Gasteiger charge is 2.28. The molecule has 3 N–H and O–H groups in total. The summed E-state index contributed by atoms with van der Waals surface area (Å²) in [5.74, 6) is -1.35. The number of carboxylic acids is 1. The van der Waals surface area contributed by atoms with Crippen LogP contribution in [-0.4, -0.2) is 42.3 Å². The number of rotatable bonds is 12. The summed E-state index contributed by atoms with van der Waals surface area (Å²) in [5.41, 5.74) is 4.71. The van der Waals surface area contributed by atoms with E-state index >= 15 is 0 Å². The minimum absolute atomic E-state index is 0.0254. The quantitative estimate of drug-likeness (QED) is 0.332. The number of hydrogen-bond donors (Lipinski definition) is 3. The first-order chi connectivity index (χ1) is 16.0. The number of hydrogen-bond acceptors (Lipinski definition) is 4. The molecule has 0 saturated carbocycles. The summed E-state index contributed by atoms with van der Waals surface area (Å²) in [6.07, 6.45) is 3.48. The lowest BCUT2D eigenvalue weighted by molar-refractivity contribution is -0.141. The molecule has 2 aromatic rings. The predicted molar refractivity (Wildman–Crippen MR) is 126 cm³/mol. The van der Waals surface area contributed by atoms with E-state index in [0.29, 0.717) is 19.4 Å². The normalized spacial score (nSPS) is 12.8. The van der Waals surface area contributed by atoms with Crippen LogP contribution in [0.2, 0.25) is 0 Å². The summed E-state index contributed by atoms with van der Waals surface area (Å²) in [5, 5.41) is 14.3. The van der Waals surface area contributed by atoms with Crippen molar-refractivity contribution in [1.29, 1.82) is 0 Å². The van der Waals surface area contributed by atoms with Crippen molar-refractivity contribution in [2.45, 2.75) is 44.1 Å².